The molecule has 76 valence electrons. The van der Waals surface area contributed by atoms with Gasteiger partial charge < -0.3 is 38.5 Å². The summed E-state index contributed by atoms with van der Waals surface area (Å²) in [4.78, 5) is 51.3. The Morgan fingerprint density at radius 3 is 0.500 bits per heavy atom. The van der Waals surface area contributed by atoms with Crippen LogP contribution in [0.4, 0.5) is 0 Å². The third kappa shape index (κ3) is 191. The Kier molecular flexibility index (Phi) is 81.0. The van der Waals surface area contributed by atoms with E-state index in [1.807, 2.05) is 0 Å². The Bertz CT molecular complexity index is 141. The van der Waals surface area contributed by atoms with Crippen molar-refractivity contribution in [2.45, 2.75) is 0 Å². The third-order valence-corrected chi connectivity index (χ3v) is 0. The van der Waals surface area contributed by atoms with E-state index in [-0.39, 0.29) is 182 Å². The van der Waals surface area contributed by atoms with Crippen molar-refractivity contribution in [2.24, 2.45) is 0 Å². The maximum atomic E-state index is 8.55. The Morgan fingerprint density at radius 1 is 0.500 bits per heavy atom. The van der Waals surface area contributed by atoms with E-state index in [1.165, 1.54) is 0 Å². The first kappa shape index (κ1) is 49.5. The molecule has 0 atom stereocenters. The van der Waals surface area contributed by atoms with Crippen LogP contribution in [0, 0.1) is 0 Å². The molecule has 0 aliphatic carbocycles. The summed E-state index contributed by atoms with van der Waals surface area (Å²) in [5, 5.41) is 0. The Hall–Kier alpha value is 6.30. The van der Waals surface area contributed by atoms with Crippen LogP contribution in [0.3, 0.4) is 0 Å². The quantitative estimate of drug-likeness (QED) is 0.290. The number of rotatable bonds is 0. The Labute approximate surface area is 230 Å². The van der Waals surface area contributed by atoms with Crippen molar-refractivity contribution in [2.75, 3.05) is 0 Å². The van der Waals surface area contributed by atoms with Crippen molar-refractivity contribution in [1.29, 1.82) is 0 Å². The molecule has 0 heterocycles. The third-order valence-electron chi connectivity index (χ3n) is 0. The van der Waals surface area contributed by atoms with Crippen LogP contribution in [0.1, 0.15) is 0 Å². The molecule has 0 fully saturated rings. The van der Waals surface area contributed by atoms with Crippen LogP contribution < -0.4 is 29.4 Å². The summed E-state index contributed by atoms with van der Waals surface area (Å²) in [5.41, 5.74) is 0. The van der Waals surface area contributed by atoms with Crippen LogP contribution in [0.5, 0.6) is 0 Å². The zero-order valence-electron chi connectivity index (χ0n) is 6.28. The molecule has 0 aliphatic heterocycles. The maximum Gasteiger partial charge on any atom is 2.00 e. The molecule has 8 nitrogen and oxygen atoms in total. The van der Waals surface area contributed by atoms with Crippen molar-refractivity contribution in [3.8, 4) is 0 Å². The number of phosphoric acid groups is 2. The molecule has 0 aromatic carbocycles. The molecule has 0 saturated heterocycles. The molecule has 0 bridgehead atoms. The van der Waals surface area contributed by atoms with Gasteiger partial charge in [-0.05, 0) is 0 Å². The van der Waals surface area contributed by atoms with Gasteiger partial charge in [0.2, 0.25) is 0 Å². The molecule has 0 aliphatic rings. The van der Waals surface area contributed by atoms with Crippen molar-refractivity contribution in [1.82, 2.24) is 0 Å². The predicted octanol–water partition coefficient (Wildman–Crippen LogP) is -9.54. The first-order valence-corrected chi connectivity index (χ1v) is 4.38. The van der Waals surface area contributed by atoms with Gasteiger partial charge in [-0.3, -0.25) is 0 Å². The molecule has 0 aromatic heterocycles. The van der Waals surface area contributed by atoms with Gasteiger partial charge in [0, 0.05) is 0 Å². The molecular weight excluding hydrogens is 383 g/mol. The van der Waals surface area contributed by atoms with Crippen LogP contribution in [0.15, 0.2) is 0 Å². The van der Waals surface area contributed by atoms with Gasteiger partial charge in [0.15, 0.2) is 0 Å². The second kappa shape index (κ2) is 26.2. The van der Waals surface area contributed by atoms with E-state index in [0.29, 0.717) is 0 Å². The largest absolute Gasteiger partial charge is 2.00 e. The average Bonchev–Trinajstić information content (AvgIpc) is 1.12. The summed E-state index contributed by atoms with van der Waals surface area (Å²) in [5.74, 6) is 0. The van der Waals surface area contributed by atoms with Crippen molar-refractivity contribution >= 4 is 198 Å². The fraction of sp³-hybridized carbons (Fsp3) is 0. The zero-order valence-corrected chi connectivity index (χ0v) is 12.3. The normalized spacial score (nSPS) is 7.38. The first-order valence-electron chi connectivity index (χ1n) is 1.46. The Balaban J connectivity index is -0.00000000970. The van der Waals surface area contributed by atoms with E-state index >= 15 is 0 Å². The van der Waals surface area contributed by atoms with Gasteiger partial charge in [-0.2, -0.15) is 15.6 Å². The molecule has 16 heteroatoms. The fourth-order valence-corrected chi connectivity index (χ4v) is 0. The minimum absolute atomic E-state index is 0. The standard InChI is InChI=1S/3Ca.3Mg.2H3O4P.6H/c;;;;;;2*1-5(2,3)4;;;;;;/h;;;;;;2*(H3,1,2,3,4);;;;;;/q;;;3*+2;;;;;;;;/p-6. The van der Waals surface area contributed by atoms with Gasteiger partial charge in [-0.15, -0.1) is 0 Å². The van der Waals surface area contributed by atoms with E-state index in [1.54, 1.807) is 0 Å². The molecule has 0 spiro atoms. The average molecular weight is 389 g/mol. The van der Waals surface area contributed by atoms with Crippen LogP contribution in [0.25, 0.3) is 0 Å². The topological polar surface area (TPSA) is 172 Å². The summed E-state index contributed by atoms with van der Waals surface area (Å²) in [7, 11) is -10.8. The van der Waals surface area contributed by atoms with Crippen LogP contribution in [0.2, 0.25) is 0 Å². The van der Waals surface area contributed by atoms with E-state index < -0.39 is 15.6 Å². The second-order valence-corrected chi connectivity index (χ2v) is 2.68. The second-order valence-electron chi connectivity index (χ2n) is 0.894. The molecule has 16 heavy (non-hydrogen) atoms. The van der Waals surface area contributed by atoms with Crippen molar-refractivity contribution in [3.05, 3.63) is 0 Å². The molecule has 0 unspecified atom stereocenters. The van der Waals surface area contributed by atoms with Crippen molar-refractivity contribution in [3.63, 3.8) is 0 Å². The summed E-state index contributed by atoms with van der Waals surface area (Å²) in [6, 6.07) is 0. The summed E-state index contributed by atoms with van der Waals surface area (Å²) >= 11 is 0. The minimum atomic E-state index is -5.39. The van der Waals surface area contributed by atoms with E-state index in [9.17, 15) is 0 Å². The van der Waals surface area contributed by atoms with Crippen LogP contribution >= 0.6 is 15.6 Å². The fourth-order valence-electron chi connectivity index (χ4n) is 0. The van der Waals surface area contributed by atoms with Crippen LogP contribution in [-0.4, -0.2) is 182 Å². The van der Waals surface area contributed by atoms with Crippen LogP contribution in [-0.2, 0) is 9.13 Å². The zero-order chi connectivity index (χ0) is 9.00. The molecule has 0 aromatic rings. The van der Waals surface area contributed by atoms with E-state index in [2.05, 4.69) is 0 Å². The van der Waals surface area contributed by atoms with Gasteiger partial charge in [-0.1, -0.05) is 0 Å². The van der Waals surface area contributed by atoms with Gasteiger partial charge in [0.05, 0.1) is 0 Å². The predicted molar refractivity (Wildman–Crippen MR) is 58.1 cm³/mol. The first-order chi connectivity index (χ1) is 4.00. The van der Waals surface area contributed by atoms with Gasteiger partial charge in [-0.25, -0.2) is 0 Å². The summed E-state index contributed by atoms with van der Waals surface area (Å²) in [6.45, 7) is 0. The molecule has 0 rings (SSSR count). The minimum Gasteiger partial charge on any atom is 2.00 e. The van der Waals surface area contributed by atoms with Crippen molar-refractivity contribution < 1.29 is 38.5 Å². The molecular formula is H6Ca3Mg3O8P2. The van der Waals surface area contributed by atoms with E-state index in [0.717, 1.165) is 0 Å². The maximum absolute atomic E-state index is 8.55. The smallest absolute Gasteiger partial charge is 2.00 e. The SMILES string of the molecule is O=P([O-])([O-])[O-].O=P([O-])([O-])[O-].[CaH2].[CaH2].[CaH2].[Mg+2].[Mg+2].[Mg+2]. The molecule has 0 radical (unpaired) electrons. The summed E-state index contributed by atoms with van der Waals surface area (Å²) in [6.07, 6.45) is 0. The summed E-state index contributed by atoms with van der Waals surface area (Å²) < 4.78 is 17.1. The number of hydrogen-bond donors (Lipinski definition) is 0. The molecule has 0 amide bonds. The molecule has 0 saturated carbocycles. The number of hydrogen-bond acceptors (Lipinski definition) is 8. The van der Waals surface area contributed by atoms with Gasteiger partial charge in [0.1, 0.15) is 0 Å². The van der Waals surface area contributed by atoms with E-state index in [4.69, 9.17) is 38.5 Å². The monoisotopic (exact) mass is 388 g/mol. The molecule has 0 N–H and O–H groups in total. The van der Waals surface area contributed by atoms with Gasteiger partial charge in [0.25, 0.3) is 0 Å². The van der Waals surface area contributed by atoms with Gasteiger partial charge >= 0.3 is 182 Å². The Morgan fingerprint density at radius 2 is 0.500 bits per heavy atom.